The van der Waals surface area contributed by atoms with Crippen molar-refractivity contribution in [1.82, 2.24) is 10.6 Å². The van der Waals surface area contributed by atoms with Crippen LogP contribution in [0.4, 0.5) is 0 Å². The molecule has 0 spiro atoms. The Bertz CT molecular complexity index is 1360. The van der Waals surface area contributed by atoms with Crippen molar-refractivity contribution >= 4 is 23.2 Å². The Morgan fingerprint density at radius 2 is 1.54 bits per heavy atom. The molecule has 1 amide bonds. The number of phenols is 1. The first kappa shape index (κ1) is 30.7. The summed E-state index contributed by atoms with van der Waals surface area (Å²) in [6.07, 6.45) is 0.0449. The van der Waals surface area contributed by atoms with E-state index in [1.807, 2.05) is 6.07 Å². The molecule has 0 aromatic heterocycles. The number of Topliss-reactive ketones (excluding diaryl/α,β-unsaturated/α-hetero) is 2. The predicted octanol–water partition coefficient (Wildman–Crippen LogP) is 2.70. The molecule has 10 nitrogen and oxygen atoms in total. The van der Waals surface area contributed by atoms with Crippen LogP contribution in [-0.4, -0.2) is 56.6 Å². The van der Waals surface area contributed by atoms with E-state index in [9.17, 15) is 34.8 Å². The molecule has 1 aromatic rings. The number of hydrogen-bond acceptors (Lipinski definition) is 9. The average Bonchev–Trinajstić information content (AvgIpc) is 2.82. The van der Waals surface area contributed by atoms with E-state index in [1.54, 1.807) is 0 Å². The molecule has 1 fully saturated rings. The van der Waals surface area contributed by atoms with E-state index < -0.39 is 52.0 Å². The summed E-state index contributed by atoms with van der Waals surface area (Å²) in [6, 6.07) is 1.91. The minimum atomic E-state index is -2.58. The quantitative estimate of drug-likeness (QED) is 0.243. The third-order valence-electron chi connectivity index (χ3n) is 8.18. The summed E-state index contributed by atoms with van der Waals surface area (Å²) >= 11 is 0. The van der Waals surface area contributed by atoms with Gasteiger partial charge in [-0.2, -0.15) is 0 Å². The fourth-order valence-corrected chi connectivity index (χ4v) is 6.26. The number of amides is 1. The largest absolute Gasteiger partial charge is 0.508 e. The van der Waals surface area contributed by atoms with Crippen molar-refractivity contribution in [2.75, 3.05) is 13.1 Å². The van der Waals surface area contributed by atoms with Gasteiger partial charge in [-0.25, -0.2) is 0 Å². The number of carbonyl (C=O) groups is 3. The van der Waals surface area contributed by atoms with E-state index in [4.69, 9.17) is 5.73 Å². The Kier molecular flexibility index (Phi) is 7.92. The van der Waals surface area contributed by atoms with Crippen LogP contribution in [-0.2, 0) is 33.9 Å². The second kappa shape index (κ2) is 10.6. The van der Waals surface area contributed by atoms with E-state index in [1.165, 1.54) is 0 Å². The molecule has 0 saturated heterocycles. The summed E-state index contributed by atoms with van der Waals surface area (Å²) in [7, 11) is 0. The number of aliphatic hydroxyl groups is 3. The first-order valence-corrected chi connectivity index (χ1v) is 14.1. The third kappa shape index (κ3) is 5.65. The molecule has 0 bridgehead atoms. The number of hydrogen-bond donors (Lipinski definition) is 7. The molecule has 3 atom stereocenters. The van der Waals surface area contributed by atoms with Gasteiger partial charge in [0.05, 0.1) is 5.56 Å². The topological polar surface area (TPSA) is 182 Å². The van der Waals surface area contributed by atoms with Crippen molar-refractivity contribution in [2.24, 2.45) is 28.4 Å². The maximum Gasteiger partial charge on any atom is 0.255 e. The van der Waals surface area contributed by atoms with Gasteiger partial charge in [0.15, 0.2) is 11.4 Å². The number of aliphatic hydroxyl groups excluding tert-OH is 2. The van der Waals surface area contributed by atoms with Crippen LogP contribution in [0.15, 0.2) is 23.0 Å². The SMILES string of the molecule is CC(C)(C)CNCc1cc(CNCC(C)(C)C)c2c(c1O)C(O)=C1C(=O)[C@]3(O)C(O)=C(C(N)=O)C(=O)C[C@@H]3C[C@@H]1C2. The zero-order valence-corrected chi connectivity index (χ0v) is 24.8. The molecule has 0 radical (unpaired) electrons. The Labute approximate surface area is 240 Å². The minimum absolute atomic E-state index is 0.000572. The van der Waals surface area contributed by atoms with E-state index in [0.29, 0.717) is 30.8 Å². The minimum Gasteiger partial charge on any atom is -0.508 e. The van der Waals surface area contributed by atoms with Crippen molar-refractivity contribution < 1.29 is 34.8 Å². The molecule has 1 aromatic carbocycles. The number of primary amides is 1. The summed E-state index contributed by atoms with van der Waals surface area (Å²) in [6.45, 7) is 14.8. The lowest BCUT2D eigenvalue weighted by Gasteiger charge is -2.46. The van der Waals surface area contributed by atoms with Crippen LogP contribution in [0.5, 0.6) is 5.75 Å². The Hall–Kier alpha value is -3.21. The number of ketones is 2. The van der Waals surface area contributed by atoms with Crippen molar-refractivity contribution in [2.45, 2.75) is 79.5 Å². The maximum absolute atomic E-state index is 13.8. The van der Waals surface area contributed by atoms with Gasteiger partial charge in [0.25, 0.3) is 5.91 Å². The summed E-state index contributed by atoms with van der Waals surface area (Å²) < 4.78 is 0. The fourth-order valence-electron chi connectivity index (χ4n) is 6.26. The van der Waals surface area contributed by atoms with E-state index in [2.05, 4.69) is 52.2 Å². The number of fused-ring (bicyclic) bond motifs is 3. The highest BCUT2D eigenvalue weighted by Gasteiger charge is 2.60. The van der Waals surface area contributed by atoms with Crippen molar-refractivity contribution in [1.29, 1.82) is 0 Å². The first-order valence-electron chi connectivity index (χ1n) is 14.1. The van der Waals surface area contributed by atoms with E-state index >= 15 is 0 Å². The zero-order chi connectivity index (χ0) is 30.7. The number of aromatic hydroxyl groups is 1. The summed E-state index contributed by atoms with van der Waals surface area (Å²) in [4.78, 5) is 38.3. The number of carbonyl (C=O) groups excluding carboxylic acids is 3. The second-order valence-corrected chi connectivity index (χ2v) is 14.1. The van der Waals surface area contributed by atoms with Gasteiger partial charge in [-0.05, 0) is 46.8 Å². The Balaban J connectivity index is 1.83. The Morgan fingerprint density at radius 3 is 2.07 bits per heavy atom. The molecule has 0 heterocycles. The van der Waals surface area contributed by atoms with Gasteiger partial charge in [-0.1, -0.05) is 41.5 Å². The number of nitrogens with one attached hydrogen (secondary N) is 2. The van der Waals surface area contributed by atoms with Gasteiger partial charge in [-0.15, -0.1) is 0 Å². The molecule has 8 N–H and O–H groups in total. The first-order chi connectivity index (χ1) is 18.9. The van der Waals surface area contributed by atoms with E-state index in [0.717, 1.165) is 12.1 Å². The van der Waals surface area contributed by atoms with E-state index in [-0.39, 0.29) is 47.0 Å². The Morgan fingerprint density at radius 1 is 0.976 bits per heavy atom. The van der Waals surface area contributed by atoms with Gasteiger partial charge >= 0.3 is 0 Å². The van der Waals surface area contributed by atoms with Crippen molar-refractivity contribution in [3.8, 4) is 5.75 Å². The average molecular weight is 570 g/mol. The lowest BCUT2D eigenvalue weighted by atomic mass is 9.59. The standard InChI is InChI=1S/C31H43N3O7/c1-29(2,3)13-33-11-16-7-17(12-34-14-30(4,5)6)24(36)22-19(16)9-15-8-18-10-20(35)23(28(32)40)27(39)31(18,41)26(38)21(15)25(22)37/h7,15,18,33-34,36-37,39,41H,8-14H2,1-6H3,(H2,32,40)/t15-,18+,31+/m1/s1. The molecule has 3 aliphatic carbocycles. The zero-order valence-electron chi connectivity index (χ0n) is 24.8. The number of rotatable bonds is 7. The van der Waals surface area contributed by atoms with Crippen LogP contribution in [0.25, 0.3) is 5.76 Å². The molecule has 41 heavy (non-hydrogen) atoms. The van der Waals surface area contributed by atoms with Gasteiger partial charge in [-0.3, -0.25) is 14.4 Å². The lowest BCUT2D eigenvalue weighted by molar-refractivity contribution is -0.147. The van der Waals surface area contributed by atoms with Crippen molar-refractivity contribution in [3.63, 3.8) is 0 Å². The summed E-state index contributed by atoms with van der Waals surface area (Å²) in [5.41, 5.74) is 4.02. The number of phenolic OH excluding ortho intramolecular Hbond substituents is 1. The maximum atomic E-state index is 13.8. The normalized spacial score (nSPS) is 24.8. The smallest absolute Gasteiger partial charge is 0.255 e. The van der Waals surface area contributed by atoms with Gasteiger partial charge in [0.2, 0.25) is 5.78 Å². The number of benzene rings is 1. The third-order valence-corrected chi connectivity index (χ3v) is 8.18. The molecule has 1 saturated carbocycles. The molecule has 224 valence electrons. The summed E-state index contributed by atoms with van der Waals surface area (Å²) in [5, 5.41) is 52.1. The molecular formula is C31H43N3O7. The second-order valence-electron chi connectivity index (χ2n) is 14.1. The fraction of sp³-hybridized carbons (Fsp3) is 0.581. The van der Waals surface area contributed by atoms with Crippen LogP contribution >= 0.6 is 0 Å². The van der Waals surface area contributed by atoms with Gasteiger partial charge in [0.1, 0.15) is 22.8 Å². The highest BCUT2D eigenvalue weighted by Crippen LogP contribution is 2.52. The van der Waals surface area contributed by atoms with Crippen LogP contribution in [0.1, 0.15) is 76.6 Å². The lowest BCUT2D eigenvalue weighted by Crippen LogP contribution is -2.58. The summed E-state index contributed by atoms with van der Waals surface area (Å²) in [5.74, 6) is -6.23. The van der Waals surface area contributed by atoms with Crippen LogP contribution < -0.4 is 16.4 Å². The number of nitrogens with two attached hydrogens (primary N) is 1. The highest BCUT2D eigenvalue weighted by atomic mass is 16.3. The molecule has 10 heteroatoms. The van der Waals surface area contributed by atoms with Crippen LogP contribution in [0.3, 0.4) is 0 Å². The highest BCUT2D eigenvalue weighted by molar-refractivity contribution is 6.22. The van der Waals surface area contributed by atoms with Crippen LogP contribution in [0.2, 0.25) is 0 Å². The van der Waals surface area contributed by atoms with Crippen molar-refractivity contribution in [3.05, 3.63) is 45.2 Å². The van der Waals surface area contributed by atoms with Gasteiger partial charge < -0.3 is 36.8 Å². The monoisotopic (exact) mass is 569 g/mol. The van der Waals surface area contributed by atoms with Gasteiger partial charge in [0, 0.05) is 49.7 Å². The molecular weight excluding hydrogens is 526 g/mol. The molecule has 4 rings (SSSR count). The van der Waals surface area contributed by atoms with Crippen LogP contribution in [0, 0.1) is 22.7 Å². The molecule has 0 aliphatic heterocycles. The molecule has 3 aliphatic rings. The predicted molar refractivity (Wildman–Crippen MR) is 154 cm³/mol. The molecule has 0 unspecified atom stereocenters.